The predicted molar refractivity (Wildman–Crippen MR) is 85.6 cm³/mol. The molecule has 1 aromatic carbocycles. The minimum atomic E-state index is 0.134. The van der Waals surface area contributed by atoms with Crippen molar-refractivity contribution in [2.45, 2.75) is 52.4 Å². The van der Waals surface area contributed by atoms with Gasteiger partial charge in [0.1, 0.15) is 5.75 Å². The molecule has 1 aromatic rings. The van der Waals surface area contributed by atoms with E-state index in [1.54, 1.807) is 0 Å². The summed E-state index contributed by atoms with van der Waals surface area (Å²) in [6.45, 7) is 12.1. The highest BCUT2D eigenvalue weighted by molar-refractivity contribution is 5.41. The van der Waals surface area contributed by atoms with Crippen molar-refractivity contribution in [2.24, 2.45) is 5.92 Å². The van der Waals surface area contributed by atoms with E-state index in [-0.39, 0.29) is 5.41 Å². The van der Waals surface area contributed by atoms with Crippen LogP contribution >= 0.6 is 0 Å². The van der Waals surface area contributed by atoms with Crippen LogP contribution in [0.25, 0.3) is 0 Å². The largest absolute Gasteiger partial charge is 0.493 e. The highest BCUT2D eigenvalue weighted by atomic mass is 16.5. The molecule has 0 saturated carbocycles. The lowest BCUT2D eigenvalue weighted by Crippen LogP contribution is -2.30. The van der Waals surface area contributed by atoms with Gasteiger partial charge in [-0.25, -0.2) is 0 Å². The lowest BCUT2D eigenvalue weighted by atomic mass is 9.85. The molecular weight excluding hydrogens is 246 g/mol. The molecule has 0 amide bonds. The third kappa shape index (κ3) is 3.99. The maximum atomic E-state index is 6.17. The molecule has 1 saturated heterocycles. The van der Waals surface area contributed by atoms with Crippen molar-refractivity contribution in [2.75, 3.05) is 19.7 Å². The van der Waals surface area contributed by atoms with Crippen LogP contribution in [0.3, 0.4) is 0 Å². The van der Waals surface area contributed by atoms with Crippen LogP contribution in [0.1, 0.15) is 51.7 Å². The second-order valence-corrected chi connectivity index (χ2v) is 6.94. The topological polar surface area (TPSA) is 21.3 Å². The van der Waals surface area contributed by atoms with Crippen LogP contribution in [0.15, 0.2) is 18.2 Å². The first kappa shape index (κ1) is 15.4. The Bertz CT molecular complexity index is 428. The first-order valence-corrected chi connectivity index (χ1v) is 7.97. The first-order valence-electron chi connectivity index (χ1n) is 7.97. The van der Waals surface area contributed by atoms with Crippen LogP contribution < -0.4 is 10.1 Å². The van der Waals surface area contributed by atoms with Crippen molar-refractivity contribution >= 4 is 0 Å². The minimum absolute atomic E-state index is 0.134. The van der Waals surface area contributed by atoms with Gasteiger partial charge in [0, 0.05) is 0 Å². The van der Waals surface area contributed by atoms with Gasteiger partial charge < -0.3 is 10.1 Å². The number of piperidine rings is 1. The highest BCUT2D eigenvalue weighted by Gasteiger charge is 2.21. The highest BCUT2D eigenvalue weighted by Crippen LogP contribution is 2.33. The molecule has 0 aliphatic carbocycles. The van der Waals surface area contributed by atoms with Gasteiger partial charge in [-0.2, -0.15) is 0 Å². The summed E-state index contributed by atoms with van der Waals surface area (Å²) in [5.74, 6) is 1.78. The van der Waals surface area contributed by atoms with Gasteiger partial charge >= 0.3 is 0 Å². The number of nitrogens with one attached hydrogen (secondary N) is 1. The molecule has 0 spiro atoms. The normalized spacial score (nSPS) is 17.2. The monoisotopic (exact) mass is 275 g/mol. The summed E-state index contributed by atoms with van der Waals surface area (Å²) in [4.78, 5) is 0. The fourth-order valence-electron chi connectivity index (χ4n) is 2.77. The molecule has 0 atom stereocenters. The molecule has 0 bridgehead atoms. The Morgan fingerprint density at radius 3 is 2.50 bits per heavy atom. The van der Waals surface area contributed by atoms with Crippen LogP contribution in [-0.4, -0.2) is 19.7 Å². The Balaban J connectivity index is 2.09. The second-order valence-electron chi connectivity index (χ2n) is 6.94. The zero-order valence-corrected chi connectivity index (χ0v) is 13.5. The molecule has 0 unspecified atom stereocenters. The summed E-state index contributed by atoms with van der Waals surface area (Å²) in [6, 6.07) is 6.69. The van der Waals surface area contributed by atoms with Crippen molar-refractivity contribution in [3.63, 3.8) is 0 Å². The molecule has 1 heterocycles. The van der Waals surface area contributed by atoms with Crippen LogP contribution in [-0.2, 0) is 11.8 Å². The number of benzene rings is 1. The Morgan fingerprint density at radius 1 is 1.20 bits per heavy atom. The number of hydrogen-bond donors (Lipinski definition) is 1. The quantitative estimate of drug-likeness (QED) is 0.899. The van der Waals surface area contributed by atoms with Crippen LogP contribution in [0.2, 0.25) is 0 Å². The third-order valence-electron chi connectivity index (χ3n) is 4.19. The number of rotatable bonds is 4. The van der Waals surface area contributed by atoms with E-state index in [1.807, 2.05) is 0 Å². The van der Waals surface area contributed by atoms with E-state index in [0.29, 0.717) is 5.92 Å². The van der Waals surface area contributed by atoms with E-state index >= 15 is 0 Å². The Hall–Kier alpha value is -1.02. The minimum Gasteiger partial charge on any atom is -0.493 e. The van der Waals surface area contributed by atoms with Gasteiger partial charge in [0.2, 0.25) is 0 Å². The third-order valence-corrected chi connectivity index (χ3v) is 4.19. The van der Waals surface area contributed by atoms with Crippen LogP contribution in [0, 0.1) is 5.92 Å². The fourth-order valence-corrected chi connectivity index (χ4v) is 2.77. The van der Waals surface area contributed by atoms with E-state index in [9.17, 15) is 0 Å². The molecule has 2 heteroatoms. The maximum Gasteiger partial charge on any atom is 0.123 e. The molecule has 0 aromatic heterocycles. The molecular formula is C18H29NO. The average molecular weight is 275 g/mol. The van der Waals surface area contributed by atoms with Crippen LogP contribution in [0.5, 0.6) is 5.75 Å². The number of ether oxygens (including phenoxy) is 1. The zero-order chi connectivity index (χ0) is 14.6. The van der Waals surface area contributed by atoms with Gasteiger partial charge in [-0.1, -0.05) is 39.8 Å². The molecule has 1 fully saturated rings. The molecule has 2 nitrogen and oxygen atoms in total. The van der Waals surface area contributed by atoms with Crippen molar-refractivity contribution in [1.29, 1.82) is 0 Å². The standard InChI is InChI=1S/C18H29NO/c1-5-14-6-7-17(16(12-14)18(2,3)4)20-13-15-8-10-19-11-9-15/h6-7,12,15,19H,5,8-11,13H2,1-4H3. The van der Waals surface area contributed by atoms with E-state index < -0.39 is 0 Å². The van der Waals surface area contributed by atoms with Gasteiger partial charge in [-0.05, 0) is 60.9 Å². The summed E-state index contributed by atoms with van der Waals surface area (Å²) in [7, 11) is 0. The fraction of sp³-hybridized carbons (Fsp3) is 0.667. The van der Waals surface area contributed by atoms with Crippen molar-refractivity contribution in [1.82, 2.24) is 5.32 Å². The van der Waals surface area contributed by atoms with Gasteiger partial charge in [0.25, 0.3) is 0 Å². The molecule has 0 radical (unpaired) electrons. The van der Waals surface area contributed by atoms with E-state index in [2.05, 4.69) is 51.2 Å². The zero-order valence-electron chi connectivity index (χ0n) is 13.5. The van der Waals surface area contributed by atoms with E-state index in [4.69, 9.17) is 4.74 Å². The second kappa shape index (κ2) is 6.62. The SMILES string of the molecule is CCc1ccc(OCC2CCNCC2)c(C(C)(C)C)c1. The lowest BCUT2D eigenvalue weighted by molar-refractivity contribution is 0.211. The maximum absolute atomic E-state index is 6.17. The summed E-state index contributed by atoms with van der Waals surface area (Å²) < 4.78 is 6.17. The molecule has 2 rings (SSSR count). The van der Waals surface area contributed by atoms with Gasteiger partial charge in [-0.15, -0.1) is 0 Å². The Kier molecular flexibility index (Phi) is 5.09. The summed E-state index contributed by atoms with van der Waals surface area (Å²) in [5.41, 5.74) is 2.86. The summed E-state index contributed by atoms with van der Waals surface area (Å²) in [6.07, 6.45) is 3.55. The van der Waals surface area contributed by atoms with E-state index in [0.717, 1.165) is 31.9 Å². The first-order chi connectivity index (χ1) is 9.50. The van der Waals surface area contributed by atoms with Crippen molar-refractivity contribution < 1.29 is 4.74 Å². The summed E-state index contributed by atoms with van der Waals surface area (Å²) in [5, 5.41) is 3.41. The average Bonchev–Trinajstić information content (AvgIpc) is 2.45. The van der Waals surface area contributed by atoms with Gasteiger partial charge in [0.05, 0.1) is 6.61 Å². The molecule has 1 aliphatic rings. The number of hydrogen-bond acceptors (Lipinski definition) is 2. The van der Waals surface area contributed by atoms with Crippen LogP contribution in [0.4, 0.5) is 0 Å². The smallest absolute Gasteiger partial charge is 0.123 e. The van der Waals surface area contributed by atoms with Crippen molar-refractivity contribution in [3.8, 4) is 5.75 Å². The predicted octanol–water partition coefficient (Wildman–Crippen LogP) is 3.92. The van der Waals surface area contributed by atoms with Gasteiger partial charge in [-0.3, -0.25) is 0 Å². The summed E-state index contributed by atoms with van der Waals surface area (Å²) >= 11 is 0. The Morgan fingerprint density at radius 2 is 1.90 bits per heavy atom. The lowest BCUT2D eigenvalue weighted by Gasteiger charge is -2.26. The Labute approximate surface area is 123 Å². The van der Waals surface area contributed by atoms with Gasteiger partial charge in [0.15, 0.2) is 0 Å². The number of aryl methyl sites for hydroxylation is 1. The molecule has 112 valence electrons. The molecule has 1 N–H and O–H groups in total. The molecule has 1 aliphatic heterocycles. The van der Waals surface area contributed by atoms with Crippen molar-refractivity contribution in [3.05, 3.63) is 29.3 Å². The van der Waals surface area contributed by atoms with E-state index in [1.165, 1.54) is 24.0 Å². The molecule has 20 heavy (non-hydrogen) atoms.